The topological polar surface area (TPSA) is 26.3 Å². The minimum absolute atomic E-state index is 0.106. The molecule has 2 aliphatic carbocycles. The Morgan fingerprint density at radius 1 is 1.05 bits per heavy atom. The molecule has 2 fully saturated rings. The van der Waals surface area contributed by atoms with Gasteiger partial charge in [0.05, 0.1) is 5.04 Å². The van der Waals surface area contributed by atoms with Crippen LogP contribution in [0.1, 0.15) is 78.1 Å². The summed E-state index contributed by atoms with van der Waals surface area (Å²) in [5.41, 5.74) is 0. The summed E-state index contributed by atoms with van der Waals surface area (Å²) in [5, 5.41) is -0.195. The van der Waals surface area contributed by atoms with Gasteiger partial charge in [-0.3, -0.25) is 4.79 Å². The number of carbonyl (C=O) groups excluding carboxylic acids is 1. The molecule has 0 radical (unpaired) electrons. The maximum Gasteiger partial charge on any atom is 0.308 e. The van der Waals surface area contributed by atoms with E-state index in [0.717, 1.165) is 29.0 Å². The minimum atomic E-state index is -0.195. The van der Waals surface area contributed by atoms with Gasteiger partial charge in [-0.25, -0.2) is 0 Å². The summed E-state index contributed by atoms with van der Waals surface area (Å²) in [6.07, 6.45) is 12.9. The quantitative estimate of drug-likeness (QED) is 0.585. The molecule has 2 atom stereocenters. The summed E-state index contributed by atoms with van der Waals surface area (Å²) in [6, 6.07) is 0. The summed E-state index contributed by atoms with van der Waals surface area (Å²) < 4.78 is 5.86. The van der Waals surface area contributed by atoms with Crippen LogP contribution in [0, 0.1) is 11.8 Å². The van der Waals surface area contributed by atoms with Crippen molar-refractivity contribution in [2.24, 2.45) is 11.8 Å². The Balaban J connectivity index is 1.91. The van der Waals surface area contributed by atoms with Crippen LogP contribution in [-0.4, -0.2) is 22.3 Å². The molecule has 0 amide bonds. The van der Waals surface area contributed by atoms with Crippen molar-refractivity contribution in [3.63, 3.8) is 0 Å². The number of hydrogen-bond acceptors (Lipinski definition) is 2. The molecular formula is C17H32O2Si. The van der Waals surface area contributed by atoms with Crippen molar-refractivity contribution in [2.45, 2.75) is 89.2 Å². The van der Waals surface area contributed by atoms with Gasteiger partial charge < -0.3 is 4.74 Å². The van der Waals surface area contributed by atoms with Crippen molar-refractivity contribution < 1.29 is 9.53 Å². The largest absolute Gasteiger partial charge is 0.462 e. The standard InChI is InChI=1S/C17H32O2Si/c1-13(14-9-5-3-6-10-14)17(2,20)16(18)19-15-11-7-4-8-12-15/h13-15H,3-12H2,1-2,20H3. The molecule has 20 heavy (non-hydrogen) atoms. The van der Waals surface area contributed by atoms with Crippen LogP contribution in [0.4, 0.5) is 0 Å². The Kier molecular flexibility index (Phi) is 5.71. The lowest BCUT2D eigenvalue weighted by Crippen LogP contribution is -2.37. The van der Waals surface area contributed by atoms with Crippen LogP contribution in [0.5, 0.6) is 0 Å². The van der Waals surface area contributed by atoms with Gasteiger partial charge in [-0.1, -0.05) is 52.4 Å². The minimum Gasteiger partial charge on any atom is -0.462 e. The van der Waals surface area contributed by atoms with Crippen LogP contribution in [-0.2, 0) is 9.53 Å². The fourth-order valence-electron chi connectivity index (χ4n) is 3.90. The molecule has 0 aliphatic heterocycles. The van der Waals surface area contributed by atoms with E-state index in [2.05, 4.69) is 13.8 Å². The van der Waals surface area contributed by atoms with Gasteiger partial charge in [-0.05, 0) is 37.5 Å². The molecule has 2 aliphatic rings. The SMILES string of the molecule is CC(C1CCCCC1)C(C)([SiH3])C(=O)OC1CCCCC1. The van der Waals surface area contributed by atoms with Gasteiger partial charge in [-0.15, -0.1) is 0 Å². The monoisotopic (exact) mass is 296 g/mol. The summed E-state index contributed by atoms with van der Waals surface area (Å²) in [6.45, 7) is 4.45. The van der Waals surface area contributed by atoms with Gasteiger partial charge >= 0.3 is 5.97 Å². The van der Waals surface area contributed by atoms with Crippen LogP contribution < -0.4 is 0 Å². The second kappa shape index (κ2) is 7.10. The third kappa shape index (κ3) is 3.87. The van der Waals surface area contributed by atoms with E-state index in [0.29, 0.717) is 5.92 Å². The Morgan fingerprint density at radius 2 is 1.55 bits per heavy atom. The molecular weight excluding hydrogens is 264 g/mol. The summed E-state index contributed by atoms with van der Waals surface area (Å²) in [7, 11) is 0.905. The second-order valence-corrected chi connectivity index (χ2v) is 9.65. The predicted octanol–water partition coefficient (Wildman–Crippen LogP) is 3.62. The smallest absolute Gasteiger partial charge is 0.308 e. The fraction of sp³-hybridized carbons (Fsp3) is 0.941. The Labute approximate surface area is 127 Å². The Morgan fingerprint density at radius 3 is 2.10 bits per heavy atom. The highest BCUT2D eigenvalue weighted by Crippen LogP contribution is 2.43. The average Bonchev–Trinajstić information content (AvgIpc) is 2.48. The maximum absolute atomic E-state index is 12.6. The molecule has 3 heteroatoms. The summed E-state index contributed by atoms with van der Waals surface area (Å²) in [5.74, 6) is 1.34. The number of carbonyl (C=O) groups is 1. The predicted molar refractivity (Wildman–Crippen MR) is 87.0 cm³/mol. The number of ether oxygens (including phenoxy) is 1. The van der Waals surface area contributed by atoms with E-state index in [4.69, 9.17) is 4.74 Å². The second-order valence-electron chi connectivity index (χ2n) is 7.57. The molecule has 0 N–H and O–H groups in total. The zero-order valence-electron chi connectivity index (χ0n) is 13.6. The molecule has 0 spiro atoms. The van der Waals surface area contributed by atoms with Gasteiger partial charge in [0.15, 0.2) is 0 Å². The molecule has 2 nitrogen and oxygen atoms in total. The van der Waals surface area contributed by atoms with Crippen LogP contribution >= 0.6 is 0 Å². The van der Waals surface area contributed by atoms with Crippen molar-refractivity contribution in [1.82, 2.24) is 0 Å². The van der Waals surface area contributed by atoms with Crippen molar-refractivity contribution in [1.29, 1.82) is 0 Å². The van der Waals surface area contributed by atoms with Crippen LogP contribution in [0.25, 0.3) is 0 Å². The van der Waals surface area contributed by atoms with Crippen molar-refractivity contribution in [3.05, 3.63) is 0 Å². The van der Waals surface area contributed by atoms with E-state index in [1.165, 1.54) is 51.4 Å². The maximum atomic E-state index is 12.6. The number of hydrogen-bond donors (Lipinski definition) is 0. The Hall–Kier alpha value is -0.313. The molecule has 2 rings (SSSR count). The molecule has 116 valence electrons. The van der Waals surface area contributed by atoms with Crippen LogP contribution in [0.3, 0.4) is 0 Å². The van der Waals surface area contributed by atoms with E-state index in [9.17, 15) is 4.79 Å². The van der Waals surface area contributed by atoms with E-state index in [-0.39, 0.29) is 17.1 Å². The molecule has 2 saturated carbocycles. The summed E-state index contributed by atoms with van der Waals surface area (Å²) in [4.78, 5) is 12.6. The average molecular weight is 297 g/mol. The van der Waals surface area contributed by atoms with Crippen molar-refractivity contribution >= 4 is 16.2 Å². The van der Waals surface area contributed by atoms with Gasteiger partial charge in [0.1, 0.15) is 6.10 Å². The zero-order valence-corrected chi connectivity index (χ0v) is 15.6. The first-order valence-corrected chi connectivity index (χ1v) is 9.73. The van der Waals surface area contributed by atoms with E-state index in [1.807, 2.05) is 0 Å². The third-order valence-electron chi connectivity index (χ3n) is 5.85. The van der Waals surface area contributed by atoms with Gasteiger partial charge in [0.25, 0.3) is 0 Å². The van der Waals surface area contributed by atoms with Crippen LogP contribution in [0.2, 0.25) is 5.04 Å². The van der Waals surface area contributed by atoms with Gasteiger partial charge in [0, 0.05) is 10.2 Å². The normalized spacial score (nSPS) is 26.9. The van der Waals surface area contributed by atoms with E-state index >= 15 is 0 Å². The van der Waals surface area contributed by atoms with Gasteiger partial charge in [0.2, 0.25) is 0 Å². The highest BCUT2D eigenvalue weighted by molar-refractivity contribution is 6.27. The zero-order chi connectivity index (χ0) is 14.6. The van der Waals surface area contributed by atoms with Crippen molar-refractivity contribution in [3.8, 4) is 0 Å². The molecule has 0 aromatic carbocycles. The first-order chi connectivity index (χ1) is 9.51. The van der Waals surface area contributed by atoms with Gasteiger partial charge in [-0.2, -0.15) is 0 Å². The highest BCUT2D eigenvalue weighted by atomic mass is 28.1. The Bertz CT molecular complexity index is 315. The molecule has 0 aromatic rings. The molecule has 0 aromatic heterocycles. The lowest BCUT2D eigenvalue weighted by atomic mass is 9.75. The summed E-state index contributed by atoms with van der Waals surface area (Å²) >= 11 is 0. The first-order valence-electron chi connectivity index (χ1n) is 8.73. The molecule has 0 heterocycles. The first kappa shape index (κ1) is 16.1. The lowest BCUT2D eigenvalue weighted by Gasteiger charge is -2.38. The highest BCUT2D eigenvalue weighted by Gasteiger charge is 2.40. The van der Waals surface area contributed by atoms with E-state index < -0.39 is 0 Å². The van der Waals surface area contributed by atoms with Crippen LogP contribution in [0.15, 0.2) is 0 Å². The molecule has 0 saturated heterocycles. The number of esters is 1. The molecule has 2 unspecified atom stereocenters. The fourth-order valence-corrected chi connectivity index (χ4v) is 4.48. The van der Waals surface area contributed by atoms with E-state index in [1.54, 1.807) is 0 Å². The van der Waals surface area contributed by atoms with Crippen molar-refractivity contribution in [2.75, 3.05) is 0 Å². The molecule has 0 bridgehead atoms. The lowest BCUT2D eigenvalue weighted by molar-refractivity contribution is -0.156. The third-order valence-corrected chi connectivity index (χ3v) is 7.17. The number of rotatable bonds is 4.